The van der Waals surface area contributed by atoms with Gasteiger partial charge in [0, 0.05) is 36.9 Å². The lowest BCUT2D eigenvalue weighted by Gasteiger charge is -2.09. The number of ether oxygens (including phenoxy) is 1. The molecule has 0 fully saturated rings. The Labute approximate surface area is 185 Å². The Morgan fingerprint density at radius 3 is 3.03 bits per heavy atom. The van der Waals surface area contributed by atoms with Gasteiger partial charge in [-0.25, -0.2) is 9.67 Å². The van der Waals surface area contributed by atoms with E-state index in [9.17, 15) is 4.79 Å². The molecule has 0 atom stereocenters. The lowest BCUT2D eigenvalue weighted by Crippen LogP contribution is -2.08. The fourth-order valence-corrected chi connectivity index (χ4v) is 4.12. The number of nitrogens with one attached hydrogen (secondary N) is 2. The second kappa shape index (κ2) is 7.97. The molecule has 0 aliphatic heterocycles. The van der Waals surface area contributed by atoms with Crippen LogP contribution in [0.1, 0.15) is 27.3 Å². The van der Waals surface area contributed by atoms with Gasteiger partial charge in [-0.05, 0) is 42.8 Å². The number of anilines is 2. The maximum absolute atomic E-state index is 13.3. The van der Waals surface area contributed by atoms with Crippen molar-refractivity contribution in [1.82, 2.24) is 19.7 Å². The number of nitrogen functional groups attached to an aromatic ring is 1. The number of benzene rings is 2. The van der Waals surface area contributed by atoms with Crippen LogP contribution in [0.2, 0.25) is 0 Å². The summed E-state index contributed by atoms with van der Waals surface area (Å²) in [7, 11) is 1.67. The molecule has 0 unspecified atom stereocenters. The number of aryl methyl sites for hydroxylation is 1. The van der Waals surface area contributed by atoms with Crippen molar-refractivity contribution in [3.63, 3.8) is 0 Å². The van der Waals surface area contributed by atoms with E-state index in [1.807, 2.05) is 49.4 Å². The zero-order chi connectivity index (χ0) is 22.2. The molecule has 32 heavy (non-hydrogen) atoms. The summed E-state index contributed by atoms with van der Waals surface area (Å²) in [5.41, 5.74) is 13.2. The van der Waals surface area contributed by atoms with Crippen molar-refractivity contribution in [2.24, 2.45) is 0 Å². The molecule has 0 radical (unpaired) electrons. The molecular weight excluding hydrogens is 404 g/mol. The Hall–Kier alpha value is -3.91. The predicted octanol–water partition coefficient (Wildman–Crippen LogP) is 3.52. The van der Waals surface area contributed by atoms with Crippen LogP contribution in [0.5, 0.6) is 0 Å². The first-order valence-corrected chi connectivity index (χ1v) is 10.5. The van der Waals surface area contributed by atoms with Gasteiger partial charge < -0.3 is 20.8 Å². The summed E-state index contributed by atoms with van der Waals surface area (Å²) in [6.07, 6.45) is 4.06. The van der Waals surface area contributed by atoms with Crippen molar-refractivity contribution in [2.75, 3.05) is 31.3 Å². The summed E-state index contributed by atoms with van der Waals surface area (Å²) in [5, 5.41) is 7.76. The van der Waals surface area contributed by atoms with E-state index in [2.05, 4.69) is 20.4 Å². The van der Waals surface area contributed by atoms with Crippen LogP contribution in [0.4, 0.5) is 11.5 Å². The predicted molar refractivity (Wildman–Crippen MR) is 125 cm³/mol. The number of fused-ring (bicyclic) bond motifs is 2. The first-order valence-electron chi connectivity index (χ1n) is 10.5. The van der Waals surface area contributed by atoms with Crippen LogP contribution in [0, 0.1) is 6.92 Å². The number of nitrogens with two attached hydrogens (primary N) is 1. The lowest BCUT2D eigenvalue weighted by molar-refractivity contribution is 0.103. The molecule has 0 spiro atoms. The number of ketones is 1. The number of allylic oxidation sites excluding steroid dienone is 1. The molecule has 2 heterocycles. The number of hydrogen-bond acceptors (Lipinski definition) is 6. The number of H-pyrrole nitrogens is 1. The van der Waals surface area contributed by atoms with Crippen molar-refractivity contribution in [1.29, 1.82) is 0 Å². The number of aromatic nitrogens is 4. The molecule has 4 aromatic rings. The van der Waals surface area contributed by atoms with Crippen molar-refractivity contribution in [3.8, 4) is 5.69 Å². The van der Waals surface area contributed by atoms with Crippen LogP contribution < -0.4 is 11.1 Å². The monoisotopic (exact) mass is 428 g/mol. The minimum atomic E-state index is -0.105. The van der Waals surface area contributed by atoms with Gasteiger partial charge in [0.2, 0.25) is 0 Å². The molecule has 2 aromatic heterocycles. The van der Waals surface area contributed by atoms with Gasteiger partial charge in [0.05, 0.1) is 35.1 Å². The number of Topliss-reactive ketones (excluding diaryl/α,β-unsaturated/α-hetero) is 1. The van der Waals surface area contributed by atoms with Crippen molar-refractivity contribution in [2.45, 2.75) is 13.3 Å². The molecule has 2 aromatic carbocycles. The topological polar surface area (TPSA) is 111 Å². The van der Waals surface area contributed by atoms with Gasteiger partial charge in [-0.15, -0.1) is 0 Å². The number of methoxy groups -OCH3 is 1. The van der Waals surface area contributed by atoms with Crippen molar-refractivity contribution >= 4 is 34.4 Å². The highest BCUT2D eigenvalue weighted by atomic mass is 16.5. The molecular formula is C24H24N6O2. The number of carbonyl (C=O) groups is 1. The first-order chi connectivity index (χ1) is 15.5. The normalized spacial score (nSPS) is 12.8. The number of hydrogen-bond donors (Lipinski definition) is 3. The summed E-state index contributed by atoms with van der Waals surface area (Å²) < 4.78 is 6.70. The van der Waals surface area contributed by atoms with Gasteiger partial charge in [-0.1, -0.05) is 12.1 Å². The Balaban J connectivity index is 1.43. The largest absolute Gasteiger partial charge is 0.383 e. The Morgan fingerprint density at radius 1 is 1.31 bits per heavy atom. The average Bonchev–Trinajstić information content (AvgIpc) is 3.48. The number of imidazole rings is 1. The standard InChI is InChI=1S/C24H24N6O2/c1-14-28-21-7-6-17(12-22(21)29-14)30-24(25)19(13-27-30)23(31)16-10-15-4-3-5-20(18(15)11-16)26-8-9-32-2/h3-7,11-13,26H,8-10,25H2,1-2H3,(H,28,29). The van der Waals surface area contributed by atoms with Gasteiger partial charge in [0.15, 0.2) is 5.78 Å². The number of rotatable bonds is 7. The van der Waals surface area contributed by atoms with Gasteiger partial charge in [-0.3, -0.25) is 4.79 Å². The van der Waals surface area contributed by atoms with E-state index in [1.54, 1.807) is 18.0 Å². The first kappa shape index (κ1) is 20.0. The van der Waals surface area contributed by atoms with E-state index in [4.69, 9.17) is 10.5 Å². The van der Waals surface area contributed by atoms with Crippen LogP contribution >= 0.6 is 0 Å². The summed E-state index contributed by atoms with van der Waals surface area (Å²) in [4.78, 5) is 20.9. The highest BCUT2D eigenvalue weighted by molar-refractivity contribution is 6.15. The minimum absolute atomic E-state index is 0.105. The highest BCUT2D eigenvalue weighted by Gasteiger charge is 2.25. The Bertz CT molecular complexity index is 1360. The maximum Gasteiger partial charge on any atom is 0.194 e. The average molecular weight is 428 g/mol. The summed E-state index contributed by atoms with van der Waals surface area (Å²) in [6, 6.07) is 11.8. The second-order valence-corrected chi connectivity index (χ2v) is 7.85. The van der Waals surface area contributed by atoms with E-state index in [0.29, 0.717) is 36.5 Å². The summed E-state index contributed by atoms with van der Waals surface area (Å²) >= 11 is 0. The van der Waals surface area contributed by atoms with Crippen LogP contribution in [0.3, 0.4) is 0 Å². The SMILES string of the molecule is COCCNc1cccc2c1C=C(C(=O)c1cnn(-c3ccc4nc(C)[nH]c4c3)c1N)C2. The lowest BCUT2D eigenvalue weighted by atomic mass is 10.0. The van der Waals surface area contributed by atoms with Gasteiger partial charge in [0.1, 0.15) is 11.6 Å². The third-order valence-corrected chi connectivity index (χ3v) is 5.69. The van der Waals surface area contributed by atoms with Crippen LogP contribution in [-0.4, -0.2) is 45.8 Å². The Kier molecular flexibility index (Phi) is 4.99. The molecule has 5 rings (SSSR count). The molecule has 0 saturated heterocycles. The smallest absolute Gasteiger partial charge is 0.194 e. The van der Waals surface area contributed by atoms with Crippen LogP contribution in [0.25, 0.3) is 22.8 Å². The second-order valence-electron chi connectivity index (χ2n) is 7.85. The third-order valence-electron chi connectivity index (χ3n) is 5.69. The minimum Gasteiger partial charge on any atom is -0.383 e. The van der Waals surface area contributed by atoms with Gasteiger partial charge in [0.25, 0.3) is 0 Å². The molecule has 8 heteroatoms. The molecule has 0 saturated carbocycles. The molecule has 8 nitrogen and oxygen atoms in total. The van der Waals surface area contributed by atoms with Crippen LogP contribution in [0.15, 0.2) is 48.2 Å². The quantitative estimate of drug-likeness (QED) is 0.307. The van der Waals surface area contributed by atoms with E-state index < -0.39 is 0 Å². The summed E-state index contributed by atoms with van der Waals surface area (Å²) in [6.45, 7) is 3.22. The molecule has 0 amide bonds. The third kappa shape index (κ3) is 3.44. The summed E-state index contributed by atoms with van der Waals surface area (Å²) in [5.74, 6) is 1.05. The number of aromatic amines is 1. The number of carbonyl (C=O) groups excluding carboxylic acids is 1. The zero-order valence-electron chi connectivity index (χ0n) is 18.0. The van der Waals surface area contributed by atoms with Crippen molar-refractivity contribution in [3.05, 3.63) is 70.7 Å². The molecule has 1 aliphatic carbocycles. The molecule has 4 N–H and O–H groups in total. The van der Waals surface area contributed by atoms with Crippen molar-refractivity contribution < 1.29 is 9.53 Å². The fourth-order valence-electron chi connectivity index (χ4n) is 4.12. The highest BCUT2D eigenvalue weighted by Crippen LogP contribution is 2.33. The molecule has 162 valence electrons. The number of nitrogens with zero attached hydrogens (tertiary/aromatic N) is 3. The van der Waals surface area contributed by atoms with E-state index >= 15 is 0 Å². The van der Waals surface area contributed by atoms with E-state index in [1.165, 1.54) is 0 Å². The fraction of sp³-hybridized carbons (Fsp3) is 0.208. The maximum atomic E-state index is 13.3. The van der Waals surface area contributed by atoms with Gasteiger partial charge >= 0.3 is 0 Å². The molecule has 0 bridgehead atoms. The Morgan fingerprint density at radius 2 is 2.19 bits per heavy atom. The van der Waals surface area contributed by atoms with Gasteiger partial charge in [-0.2, -0.15) is 5.10 Å². The van der Waals surface area contributed by atoms with E-state index in [-0.39, 0.29) is 5.78 Å². The van der Waals surface area contributed by atoms with E-state index in [0.717, 1.165) is 39.4 Å². The molecule has 1 aliphatic rings. The van der Waals surface area contributed by atoms with Crippen LogP contribution in [-0.2, 0) is 11.2 Å². The zero-order valence-corrected chi connectivity index (χ0v) is 18.0.